The zero-order chi connectivity index (χ0) is 23.6. The summed E-state index contributed by atoms with van der Waals surface area (Å²) in [6.07, 6.45) is 2.29. The highest BCUT2D eigenvalue weighted by Crippen LogP contribution is 2.14. The number of hydrogen-bond donors (Lipinski definition) is 4. The van der Waals surface area contributed by atoms with Gasteiger partial charge in [0.2, 0.25) is 11.8 Å². The monoisotopic (exact) mass is 450 g/mol. The molecule has 0 aliphatic carbocycles. The van der Waals surface area contributed by atoms with Gasteiger partial charge >= 0.3 is 5.63 Å². The summed E-state index contributed by atoms with van der Waals surface area (Å²) in [7, 11) is 0. The first kappa shape index (κ1) is 24.2. The van der Waals surface area contributed by atoms with Crippen LogP contribution in [-0.4, -0.2) is 30.4 Å². The van der Waals surface area contributed by atoms with Gasteiger partial charge in [-0.1, -0.05) is 42.5 Å². The molecule has 8 nitrogen and oxygen atoms in total. The third-order valence-corrected chi connectivity index (χ3v) is 5.37. The first-order valence-corrected chi connectivity index (χ1v) is 11.1. The van der Waals surface area contributed by atoms with Crippen molar-refractivity contribution in [2.45, 2.75) is 44.3 Å². The zero-order valence-electron chi connectivity index (χ0n) is 18.5. The van der Waals surface area contributed by atoms with Crippen LogP contribution in [0.5, 0.6) is 0 Å². The number of nitrogens with two attached hydrogens (primary N) is 2. The summed E-state index contributed by atoms with van der Waals surface area (Å²) in [6.45, 7) is 0.741. The van der Waals surface area contributed by atoms with Crippen molar-refractivity contribution in [1.82, 2.24) is 10.6 Å². The summed E-state index contributed by atoms with van der Waals surface area (Å²) in [5.41, 5.74) is 13.4. The molecule has 0 unspecified atom stereocenters. The quantitative estimate of drug-likeness (QED) is 0.258. The summed E-state index contributed by atoms with van der Waals surface area (Å²) in [5, 5.41) is 6.44. The van der Waals surface area contributed by atoms with Crippen LogP contribution in [0.25, 0.3) is 11.0 Å². The lowest BCUT2D eigenvalue weighted by Crippen LogP contribution is -2.52. The first-order valence-electron chi connectivity index (χ1n) is 11.1. The molecule has 0 saturated carbocycles. The van der Waals surface area contributed by atoms with Crippen molar-refractivity contribution in [2.75, 3.05) is 6.54 Å². The predicted molar refractivity (Wildman–Crippen MR) is 127 cm³/mol. The lowest BCUT2D eigenvalue weighted by molar-refractivity contribution is -0.129. The number of amides is 2. The van der Waals surface area contributed by atoms with Crippen LogP contribution >= 0.6 is 0 Å². The number of carbonyl (C=O) groups excluding carboxylic acids is 2. The number of rotatable bonds is 11. The Labute approximate surface area is 192 Å². The molecule has 6 N–H and O–H groups in total. The highest BCUT2D eigenvalue weighted by Gasteiger charge is 2.23. The molecule has 1 heterocycles. The Bertz CT molecular complexity index is 1130. The van der Waals surface area contributed by atoms with E-state index >= 15 is 0 Å². The van der Waals surface area contributed by atoms with E-state index in [9.17, 15) is 14.4 Å². The molecule has 0 radical (unpaired) electrons. The van der Waals surface area contributed by atoms with Crippen LogP contribution in [0.2, 0.25) is 0 Å². The molecule has 0 fully saturated rings. The first-order chi connectivity index (χ1) is 16.0. The van der Waals surface area contributed by atoms with Crippen LogP contribution in [0.3, 0.4) is 0 Å². The Morgan fingerprint density at radius 1 is 0.939 bits per heavy atom. The van der Waals surface area contributed by atoms with Crippen molar-refractivity contribution in [3.63, 3.8) is 0 Å². The molecule has 0 aliphatic rings. The highest BCUT2D eigenvalue weighted by molar-refractivity contribution is 5.89. The Morgan fingerprint density at radius 2 is 1.70 bits per heavy atom. The maximum Gasteiger partial charge on any atom is 0.336 e. The number of benzene rings is 2. The van der Waals surface area contributed by atoms with Crippen LogP contribution in [0.15, 0.2) is 69.9 Å². The molecular formula is C25H30N4O4. The van der Waals surface area contributed by atoms with E-state index in [4.69, 9.17) is 15.9 Å². The normalized spacial score (nSPS) is 12.8. The Balaban J connectivity index is 1.61. The van der Waals surface area contributed by atoms with Crippen LogP contribution < -0.4 is 27.7 Å². The summed E-state index contributed by atoms with van der Waals surface area (Å²) in [6, 6.07) is 16.4. The van der Waals surface area contributed by atoms with Gasteiger partial charge in [-0.3, -0.25) is 9.59 Å². The van der Waals surface area contributed by atoms with Gasteiger partial charge < -0.3 is 26.5 Å². The van der Waals surface area contributed by atoms with E-state index in [2.05, 4.69) is 10.6 Å². The summed E-state index contributed by atoms with van der Waals surface area (Å²) >= 11 is 0. The minimum Gasteiger partial charge on any atom is -0.423 e. The maximum atomic E-state index is 12.9. The van der Waals surface area contributed by atoms with Crippen molar-refractivity contribution in [3.05, 3.63) is 82.2 Å². The summed E-state index contributed by atoms with van der Waals surface area (Å²) in [5.74, 6) is -0.680. The lowest BCUT2D eigenvalue weighted by Gasteiger charge is -2.21. The highest BCUT2D eigenvalue weighted by atomic mass is 16.4. The third-order valence-electron chi connectivity index (χ3n) is 5.37. The van der Waals surface area contributed by atoms with Gasteiger partial charge in [0, 0.05) is 18.0 Å². The van der Waals surface area contributed by atoms with Crippen LogP contribution in [0.4, 0.5) is 0 Å². The average Bonchev–Trinajstić information content (AvgIpc) is 2.82. The molecule has 8 heteroatoms. The van der Waals surface area contributed by atoms with Crippen molar-refractivity contribution in [2.24, 2.45) is 11.5 Å². The van der Waals surface area contributed by atoms with E-state index in [-0.39, 0.29) is 18.4 Å². The van der Waals surface area contributed by atoms with Gasteiger partial charge in [0.15, 0.2) is 0 Å². The molecule has 0 saturated heterocycles. The standard InChI is InChI=1S/C25H30N4O4/c26-13-5-4-8-21(29-24(31)20(27)14-17-6-2-1-3-7-17)25(32)28-16-18-9-10-19-11-12-23(30)33-22(19)15-18/h1-3,6-7,9-12,15,20-21H,4-5,8,13-14,16,26-27H2,(H,28,32)(H,29,31)/t20-,21-/m0/s1. The van der Waals surface area contributed by atoms with E-state index in [0.717, 1.165) is 22.9 Å². The van der Waals surface area contributed by atoms with Gasteiger partial charge in [-0.25, -0.2) is 4.79 Å². The largest absolute Gasteiger partial charge is 0.423 e. The smallest absolute Gasteiger partial charge is 0.336 e. The van der Waals surface area contributed by atoms with Crippen molar-refractivity contribution >= 4 is 22.8 Å². The van der Waals surface area contributed by atoms with E-state index < -0.39 is 17.7 Å². The second-order valence-electron chi connectivity index (χ2n) is 7.99. The minimum absolute atomic E-state index is 0.229. The van der Waals surface area contributed by atoms with Gasteiger partial charge in [-0.05, 0) is 55.5 Å². The Kier molecular flexibility index (Phi) is 8.74. The topological polar surface area (TPSA) is 140 Å². The van der Waals surface area contributed by atoms with Crippen LogP contribution in [0.1, 0.15) is 30.4 Å². The second-order valence-corrected chi connectivity index (χ2v) is 7.99. The fourth-order valence-electron chi connectivity index (χ4n) is 3.53. The summed E-state index contributed by atoms with van der Waals surface area (Å²) in [4.78, 5) is 37.0. The third kappa shape index (κ3) is 7.27. The van der Waals surface area contributed by atoms with Gasteiger partial charge in [-0.2, -0.15) is 0 Å². The molecule has 174 valence electrons. The predicted octanol–water partition coefficient (Wildman–Crippen LogP) is 1.59. The maximum absolute atomic E-state index is 12.9. The molecule has 3 rings (SSSR count). The Hall–Kier alpha value is -3.49. The van der Waals surface area contributed by atoms with Gasteiger partial charge in [0.1, 0.15) is 11.6 Å². The minimum atomic E-state index is -0.763. The number of unbranched alkanes of at least 4 members (excludes halogenated alkanes) is 1. The van der Waals surface area contributed by atoms with E-state index in [0.29, 0.717) is 31.4 Å². The van der Waals surface area contributed by atoms with Crippen molar-refractivity contribution in [1.29, 1.82) is 0 Å². The van der Waals surface area contributed by atoms with Gasteiger partial charge in [0.25, 0.3) is 0 Å². The molecule has 0 spiro atoms. The van der Waals surface area contributed by atoms with E-state index in [1.165, 1.54) is 6.07 Å². The number of carbonyl (C=O) groups is 2. The molecule has 2 amide bonds. The van der Waals surface area contributed by atoms with Crippen molar-refractivity contribution in [3.8, 4) is 0 Å². The average molecular weight is 451 g/mol. The molecule has 0 aliphatic heterocycles. The molecule has 1 aromatic heterocycles. The van der Waals surface area contributed by atoms with E-state index in [1.54, 1.807) is 12.1 Å². The number of nitrogens with one attached hydrogen (secondary N) is 2. The lowest BCUT2D eigenvalue weighted by atomic mass is 10.0. The number of fused-ring (bicyclic) bond motifs is 1. The molecule has 0 bridgehead atoms. The van der Waals surface area contributed by atoms with E-state index in [1.807, 2.05) is 42.5 Å². The fraction of sp³-hybridized carbons (Fsp3) is 0.320. The molecule has 3 aromatic rings. The summed E-state index contributed by atoms with van der Waals surface area (Å²) < 4.78 is 5.20. The molecular weight excluding hydrogens is 420 g/mol. The van der Waals surface area contributed by atoms with Crippen LogP contribution in [0, 0.1) is 0 Å². The zero-order valence-corrected chi connectivity index (χ0v) is 18.5. The van der Waals surface area contributed by atoms with Gasteiger partial charge in [0.05, 0.1) is 6.04 Å². The fourth-order valence-corrected chi connectivity index (χ4v) is 3.53. The number of hydrogen-bond acceptors (Lipinski definition) is 6. The Morgan fingerprint density at radius 3 is 2.45 bits per heavy atom. The van der Waals surface area contributed by atoms with Crippen LogP contribution in [-0.2, 0) is 22.6 Å². The molecule has 2 aromatic carbocycles. The van der Waals surface area contributed by atoms with Gasteiger partial charge in [-0.15, -0.1) is 0 Å². The molecule has 2 atom stereocenters. The second kappa shape index (κ2) is 11.9. The SMILES string of the molecule is NCCCC[C@H](NC(=O)[C@@H](N)Cc1ccccc1)C(=O)NCc1ccc2ccc(=O)oc2c1. The molecule has 33 heavy (non-hydrogen) atoms. The van der Waals surface area contributed by atoms with Crippen molar-refractivity contribution < 1.29 is 14.0 Å².